The highest BCUT2D eigenvalue weighted by atomic mass is 16.5. The normalized spacial score (nSPS) is 15.6. The number of quaternary nitrogens is 1. The van der Waals surface area contributed by atoms with Crippen LogP contribution < -0.4 is 11.5 Å². The molecule has 1 aliphatic heterocycles. The first-order valence-electron chi connectivity index (χ1n) is 5.60. The van der Waals surface area contributed by atoms with Crippen molar-refractivity contribution in [2.24, 2.45) is 11.5 Å². The van der Waals surface area contributed by atoms with Gasteiger partial charge in [-0.05, 0) is 13.8 Å². The molecular weight excluding hydrogens is 218 g/mol. The Morgan fingerprint density at radius 2 is 1.53 bits per heavy atom. The van der Waals surface area contributed by atoms with Crippen LogP contribution in [0.3, 0.4) is 0 Å². The fraction of sp³-hybridized carbons (Fsp3) is 0.818. The number of hydrogen-bond acceptors (Lipinski definition) is 5. The van der Waals surface area contributed by atoms with E-state index in [4.69, 9.17) is 15.3 Å². The summed E-state index contributed by atoms with van der Waals surface area (Å²) in [7, 11) is 2.29. The second kappa shape index (κ2) is 11.0. The quantitative estimate of drug-likeness (QED) is 0.424. The maximum Gasteiger partial charge on any atom is 0.183 e. The predicted molar refractivity (Wildman–Crippen MR) is 65.8 cm³/mol. The lowest BCUT2D eigenvalue weighted by Gasteiger charge is -2.29. The molecule has 0 aromatic rings. The van der Waals surface area contributed by atoms with Gasteiger partial charge in [-0.25, -0.2) is 0 Å². The second-order valence-corrected chi connectivity index (χ2v) is 4.38. The molecule has 0 saturated carbocycles. The molecule has 0 amide bonds. The number of nitriles is 2. The van der Waals surface area contributed by atoms with E-state index in [0.717, 1.165) is 11.2 Å². The zero-order valence-corrected chi connectivity index (χ0v) is 11.0. The van der Waals surface area contributed by atoms with E-state index in [1.807, 2.05) is 0 Å². The van der Waals surface area contributed by atoms with Crippen LogP contribution in [-0.4, -0.2) is 37.5 Å². The highest BCUT2D eigenvalue weighted by molar-refractivity contribution is 4.49. The van der Waals surface area contributed by atoms with Crippen LogP contribution in [0.1, 0.15) is 26.7 Å². The summed E-state index contributed by atoms with van der Waals surface area (Å²) in [6.07, 6.45) is 5.63. The molecule has 17 heavy (non-hydrogen) atoms. The Labute approximate surface area is 104 Å². The lowest BCUT2D eigenvalue weighted by molar-refractivity contribution is -0.917. The molecule has 0 unspecified atom stereocenters. The van der Waals surface area contributed by atoms with Crippen LogP contribution in [-0.2, 0) is 4.74 Å². The monoisotopic (exact) mass is 242 g/mol. The third-order valence-corrected chi connectivity index (χ3v) is 2.37. The Morgan fingerprint density at radius 1 is 1.18 bits per heavy atom. The standard InChI is InChI=1S/C9H20NO.2CH2N2/c1-9(2)11-8-10(3)6-4-5-7-10;2*2-1-3/h9H,4-8H2,1-3H3;2*2H2/q+1;;. The van der Waals surface area contributed by atoms with Crippen LogP contribution in [0.15, 0.2) is 0 Å². The zero-order valence-electron chi connectivity index (χ0n) is 11.0. The number of ether oxygens (including phenoxy) is 1. The fourth-order valence-electron chi connectivity index (χ4n) is 1.56. The van der Waals surface area contributed by atoms with E-state index >= 15 is 0 Å². The van der Waals surface area contributed by atoms with Gasteiger partial charge in [-0.2, -0.15) is 10.5 Å². The average molecular weight is 242 g/mol. The van der Waals surface area contributed by atoms with Crippen LogP contribution in [0, 0.1) is 22.9 Å². The van der Waals surface area contributed by atoms with Crippen molar-refractivity contribution in [1.29, 1.82) is 10.5 Å². The number of hydrogen-bond donors (Lipinski definition) is 2. The summed E-state index contributed by atoms with van der Waals surface area (Å²) in [5, 5.41) is 14.2. The minimum absolute atomic E-state index is 0.380. The van der Waals surface area contributed by atoms with Gasteiger partial charge >= 0.3 is 0 Å². The molecule has 4 N–H and O–H groups in total. The van der Waals surface area contributed by atoms with Gasteiger partial charge in [-0.15, -0.1) is 0 Å². The third kappa shape index (κ3) is 12.4. The van der Waals surface area contributed by atoms with Crippen molar-refractivity contribution in [3.05, 3.63) is 0 Å². The fourth-order valence-corrected chi connectivity index (χ4v) is 1.56. The highest BCUT2D eigenvalue weighted by Gasteiger charge is 2.26. The van der Waals surface area contributed by atoms with E-state index < -0.39 is 0 Å². The van der Waals surface area contributed by atoms with Crippen LogP contribution in [0.4, 0.5) is 0 Å². The average Bonchev–Trinajstić information content (AvgIpc) is 2.66. The van der Waals surface area contributed by atoms with E-state index in [0.29, 0.717) is 6.10 Å². The first-order chi connectivity index (χ1) is 7.95. The molecule has 0 bridgehead atoms. The predicted octanol–water partition coefficient (Wildman–Crippen LogP) is 0.462. The second-order valence-electron chi connectivity index (χ2n) is 4.38. The molecular formula is C11H24N5O+. The first-order valence-corrected chi connectivity index (χ1v) is 5.60. The Bertz CT molecular complexity index is 236. The molecule has 0 aromatic heterocycles. The van der Waals surface area contributed by atoms with E-state index in [1.54, 1.807) is 0 Å². The number of nitrogens with two attached hydrogens (primary N) is 2. The third-order valence-electron chi connectivity index (χ3n) is 2.37. The lowest BCUT2D eigenvalue weighted by atomic mass is 10.4. The summed E-state index contributed by atoms with van der Waals surface area (Å²) in [5.74, 6) is 0. The minimum Gasteiger partial charge on any atom is -0.337 e. The van der Waals surface area contributed by atoms with Gasteiger partial charge in [0, 0.05) is 12.8 Å². The van der Waals surface area contributed by atoms with Crippen molar-refractivity contribution in [1.82, 2.24) is 0 Å². The smallest absolute Gasteiger partial charge is 0.183 e. The zero-order chi connectivity index (χ0) is 13.7. The Kier molecular flexibility index (Phi) is 11.6. The van der Waals surface area contributed by atoms with Gasteiger partial charge in [0.25, 0.3) is 0 Å². The number of rotatable bonds is 3. The number of nitrogens with zero attached hydrogens (tertiary/aromatic N) is 3. The van der Waals surface area contributed by atoms with Gasteiger partial charge in [-0.1, -0.05) is 0 Å². The Morgan fingerprint density at radius 3 is 1.82 bits per heavy atom. The molecule has 0 radical (unpaired) electrons. The molecule has 1 aliphatic rings. The van der Waals surface area contributed by atoms with Gasteiger partial charge < -0.3 is 20.7 Å². The summed E-state index contributed by atoms with van der Waals surface area (Å²) in [4.78, 5) is 0. The van der Waals surface area contributed by atoms with Crippen molar-refractivity contribution >= 4 is 0 Å². The van der Waals surface area contributed by atoms with Gasteiger partial charge in [-0.3, -0.25) is 0 Å². The van der Waals surface area contributed by atoms with E-state index in [-0.39, 0.29) is 0 Å². The Hall–Kier alpha value is -1.50. The molecule has 6 heteroatoms. The van der Waals surface area contributed by atoms with Gasteiger partial charge in [0.15, 0.2) is 19.1 Å². The molecule has 0 aromatic carbocycles. The Balaban J connectivity index is 0. The van der Waals surface area contributed by atoms with E-state index in [9.17, 15) is 0 Å². The van der Waals surface area contributed by atoms with Crippen LogP contribution in [0.2, 0.25) is 0 Å². The summed E-state index contributed by atoms with van der Waals surface area (Å²) < 4.78 is 6.72. The van der Waals surface area contributed by atoms with E-state index in [1.165, 1.54) is 38.3 Å². The maximum atomic E-state index is 7.10. The highest BCUT2D eigenvalue weighted by Crippen LogP contribution is 2.16. The minimum atomic E-state index is 0.380. The lowest BCUT2D eigenvalue weighted by Crippen LogP contribution is -2.43. The van der Waals surface area contributed by atoms with Crippen LogP contribution in [0.5, 0.6) is 0 Å². The summed E-state index contributed by atoms with van der Waals surface area (Å²) in [5.41, 5.74) is 8.31. The summed E-state index contributed by atoms with van der Waals surface area (Å²) in [6, 6.07) is 0. The van der Waals surface area contributed by atoms with Crippen LogP contribution >= 0.6 is 0 Å². The molecule has 98 valence electrons. The van der Waals surface area contributed by atoms with Crippen molar-refractivity contribution in [3.63, 3.8) is 0 Å². The molecule has 0 spiro atoms. The molecule has 1 rings (SSSR count). The molecule has 1 saturated heterocycles. The van der Waals surface area contributed by atoms with Crippen LogP contribution in [0.25, 0.3) is 0 Å². The number of likely N-dealkylation sites (tertiary alicyclic amines) is 1. The summed E-state index contributed by atoms with van der Waals surface area (Å²) in [6.45, 7) is 7.70. The first kappa shape index (κ1) is 17.9. The maximum absolute atomic E-state index is 7.10. The molecule has 0 atom stereocenters. The van der Waals surface area contributed by atoms with Crippen molar-refractivity contribution < 1.29 is 9.22 Å². The van der Waals surface area contributed by atoms with E-state index in [2.05, 4.69) is 32.4 Å². The molecule has 0 aliphatic carbocycles. The van der Waals surface area contributed by atoms with Gasteiger partial charge in [0.2, 0.25) is 0 Å². The summed E-state index contributed by atoms with van der Waals surface area (Å²) >= 11 is 0. The van der Waals surface area contributed by atoms with Crippen molar-refractivity contribution in [3.8, 4) is 12.4 Å². The SMILES string of the molecule is CC(C)OC[N+]1(C)CCCC1.N#CN.N#CN. The van der Waals surface area contributed by atoms with Crippen molar-refractivity contribution in [2.75, 3.05) is 26.9 Å². The molecule has 6 nitrogen and oxygen atoms in total. The topological polar surface area (TPSA) is 109 Å². The van der Waals surface area contributed by atoms with Crippen molar-refractivity contribution in [2.45, 2.75) is 32.8 Å². The molecule has 1 heterocycles. The molecule has 1 fully saturated rings. The van der Waals surface area contributed by atoms with Gasteiger partial charge in [0.05, 0.1) is 26.2 Å². The van der Waals surface area contributed by atoms with Gasteiger partial charge in [0.1, 0.15) is 0 Å². The largest absolute Gasteiger partial charge is 0.337 e.